The van der Waals surface area contributed by atoms with Crippen molar-refractivity contribution < 1.29 is 33.5 Å². The van der Waals surface area contributed by atoms with Gasteiger partial charge in [0.15, 0.2) is 5.76 Å². The van der Waals surface area contributed by atoms with Crippen molar-refractivity contribution in [2.45, 2.75) is 104 Å². The number of nitrogens with one attached hydrogen (secondary N) is 1. The third kappa shape index (κ3) is 8.35. The first kappa shape index (κ1) is 35.3. The summed E-state index contributed by atoms with van der Waals surface area (Å²) in [5.41, 5.74) is 4.19. The number of ether oxygens (including phenoxy) is 2. The minimum absolute atomic E-state index is 0.0392. The first-order valence-electron chi connectivity index (χ1n) is 16.6. The number of nitrogens with zero attached hydrogens (tertiary/aromatic N) is 4. The monoisotopic (exact) mass is 681 g/mol. The number of carbonyl (C=O) groups is 3. The molecule has 4 heterocycles. The highest BCUT2D eigenvalue weighted by atomic mass is 32.1. The van der Waals surface area contributed by atoms with Gasteiger partial charge in [0.1, 0.15) is 23.7 Å². The molecule has 12 nitrogen and oxygen atoms in total. The molecule has 2 aromatic heterocycles. The normalized spacial score (nSPS) is 21.2. The van der Waals surface area contributed by atoms with Crippen molar-refractivity contribution in [3.05, 3.63) is 52.9 Å². The van der Waals surface area contributed by atoms with E-state index in [4.69, 9.17) is 14.0 Å². The SMILES string of the molecule is Cc1ncsc1-c1ccc([C@H](C)NC(=O)[C@@H]2C[C@@H](O)CN2C(=O)C(c2cc(OC3CCCN(C(=O)OC(C)(C)C)C3)no2)C(C)C)cc1. The molecule has 3 amide bonds. The predicted octanol–water partition coefficient (Wildman–Crippen LogP) is 5.46. The topological polar surface area (TPSA) is 147 Å². The molecule has 48 heavy (non-hydrogen) atoms. The summed E-state index contributed by atoms with van der Waals surface area (Å²) in [4.78, 5) is 48.7. The largest absolute Gasteiger partial charge is 0.470 e. The van der Waals surface area contributed by atoms with Crippen LogP contribution in [0.5, 0.6) is 5.88 Å². The van der Waals surface area contributed by atoms with Gasteiger partial charge in [0.05, 0.1) is 34.8 Å². The van der Waals surface area contributed by atoms with Crippen LogP contribution in [0.1, 0.15) is 89.8 Å². The number of aliphatic hydroxyl groups is 1. The Morgan fingerprint density at radius 3 is 2.50 bits per heavy atom. The average Bonchev–Trinajstić information content (AvgIpc) is 3.76. The van der Waals surface area contributed by atoms with E-state index in [1.165, 1.54) is 4.90 Å². The maximum absolute atomic E-state index is 14.1. The first-order chi connectivity index (χ1) is 22.7. The Morgan fingerprint density at radius 2 is 1.85 bits per heavy atom. The molecule has 1 aromatic carbocycles. The number of thiazole rings is 1. The minimum atomic E-state index is -0.838. The van der Waals surface area contributed by atoms with E-state index < -0.39 is 23.7 Å². The molecular weight excluding hydrogens is 634 g/mol. The highest BCUT2D eigenvalue weighted by molar-refractivity contribution is 7.13. The smallest absolute Gasteiger partial charge is 0.410 e. The number of rotatable bonds is 9. The molecule has 260 valence electrons. The first-order valence-corrected chi connectivity index (χ1v) is 17.5. The molecule has 5 atom stereocenters. The van der Waals surface area contributed by atoms with E-state index in [2.05, 4.69) is 15.5 Å². The molecule has 2 aliphatic heterocycles. The van der Waals surface area contributed by atoms with Crippen LogP contribution in [0.2, 0.25) is 0 Å². The molecule has 0 saturated carbocycles. The molecule has 0 aliphatic carbocycles. The molecule has 2 unspecified atom stereocenters. The van der Waals surface area contributed by atoms with Gasteiger partial charge in [-0.1, -0.05) is 38.1 Å². The lowest BCUT2D eigenvalue weighted by Crippen LogP contribution is -2.48. The zero-order valence-electron chi connectivity index (χ0n) is 28.8. The molecule has 5 rings (SSSR count). The van der Waals surface area contributed by atoms with Crippen molar-refractivity contribution >= 4 is 29.2 Å². The summed E-state index contributed by atoms with van der Waals surface area (Å²) >= 11 is 1.58. The molecule has 0 bridgehead atoms. The molecule has 13 heteroatoms. The van der Waals surface area contributed by atoms with Crippen molar-refractivity contribution in [2.24, 2.45) is 5.92 Å². The van der Waals surface area contributed by atoms with Crippen LogP contribution in [0.25, 0.3) is 10.4 Å². The van der Waals surface area contributed by atoms with Crippen LogP contribution in [-0.4, -0.2) is 86.4 Å². The second-order valence-electron chi connectivity index (χ2n) is 14.1. The van der Waals surface area contributed by atoms with E-state index in [0.29, 0.717) is 18.8 Å². The fourth-order valence-electron chi connectivity index (χ4n) is 6.29. The number of benzene rings is 1. The lowest BCUT2D eigenvalue weighted by molar-refractivity contribution is -0.141. The van der Waals surface area contributed by atoms with Crippen LogP contribution in [0.4, 0.5) is 4.79 Å². The molecule has 2 N–H and O–H groups in total. The number of hydrogen-bond acceptors (Lipinski definition) is 10. The van der Waals surface area contributed by atoms with Gasteiger partial charge in [-0.2, -0.15) is 0 Å². The highest BCUT2D eigenvalue weighted by Gasteiger charge is 2.43. The molecule has 2 aliphatic rings. The molecule has 0 spiro atoms. The number of hydrogen-bond donors (Lipinski definition) is 2. The van der Waals surface area contributed by atoms with E-state index in [1.54, 1.807) is 22.3 Å². The Balaban J connectivity index is 1.23. The number of aromatic nitrogens is 2. The summed E-state index contributed by atoms with van der Waals surface area (Å²) in [7, 11) is 0. The maximum atomic E-state index is 14.1. The van der Waals surface area contributed by atoms with Gasteiger partial charge >= 0.3 is 6.09 Å². The van der Waals surface area contributed by atoms with E-state index in [1.807, 2.05) is 78.2 Å². The summed E-state index contributed by atoms with van der Waals surface area (Å²) in [6.45, 7) is 14.1. The Hall–Kier alpha value is -3.97. The fourth-order valence-corrected chi connectivity index (χ4v) is 7.10. The zero-order valence-corrected chi connectivity index (χ0v) is 29.6. The van der Waals surface area contributed by atoms with Gasteiger partial charge in [-0.25, -0.2) is 9.78 Å². The van der Waals surface area contributed by atoms with Crippen molar-refractivity contribution in [3.63, 3.8) is 0 Å². The maximum Gasteiger partial charge on any atom is 0.410 e. The summed E-state index contributed by atoms with van der Waals surface area (Å²) < 4.78 is 17.3. The summed E-state index contributed by atoms with van der Waals surface area (Å²) in [6, 6.07) is 8.44. The Bertz CT molecular complexity index is 1580. The molecule has 3 aromatic rings. The second kappa shape index (κ2) is 14.7. The van der Waals surface area contributed by atoms with Gasteiger partial charge in [-0.3, -0.25) is 9.59 Å². The van der Waals surface area contributed by atoms with Crippen molar-refractivity contribution in [1.82, 2.24) is 25.3 Å². The lowest BCUT2D eigenvalue weighted by Gasteiger charge is -2.33. The zero-order chi connectivity index (χ0) is 34.7. The van der Waals surface area contributed by atoms with Crippen LogP contribution >= 0.6 is 11.3 Å². The van der Waals surface area contributed by atoms with E-state index >= 15 is 0 Å². The van der Waals surface area contributed by atoms with Gasteiger partial charge < -0.3 is 34.2 Å². The van der Waals surface area contributed by atoms with Crippen LogP contribution in [0, 0.1) is 12.8 Å². The Labute approximate surface area is 285 Å². The molecule has 2 saturated heterocycles. The van der Waals surface area contributed by atoms with Gasteiger partial charge in [0, 0.05) is 25.6 Å². The third-order valence-corrected chi connectivity index (χ3v) is 9.68. The van der Waals surface area contributed by atoms with Gasteiger partial charge in [0.25, 0.3) is 5.88 Å². The summed E-state index contributed by atoms with van der Waals surface area (Å²) in [6.07, 6.45) is 0.0860. The molecule has 0 radical (unpaired) electrons. The lowest BCUT2D eigenvalue weighted by atomic mass is 9.91. The van der Waals surface area contributed by atoms with Gasteiger partial charge in [-0.15, -0.1) is 11.3 Å². The molecule has 2 fully saturated rings. The second-order valence-corrected chi connectivity index (χ2v) is 15.0. The highest BCUT2D eigenvalue weighted by Crippen LogP contribution is 2.34. The minimum Gasteiger partial charge on any atom is -0.470 e. The number of aliphatic hydroxyl groups excluding tert-OH is 1. The summed E-state index contributed by atoms with van der Waals surface area (Å²) in [5, 5.41) is 17.7. The van der Waals surface area contributed by atoms with E-state index in [-0.39, 0.29) is 54.8 Å². The molecular formula is C35H47N5O7S. The van der Waals surface area contributed by atoms with Crippen molar-refractivity contribution in [3.8, 4) is 16.3 Å². The number of amides is 3. The third-order valence-electron chi connectivity index (χ3n) is 8.71. The number of piperidine rings is 1. The Morgan fingerprint density at radius 1 is 1.12 bits per heavy atom. The summed E-state index contributed by atoms with van der Waals surface area (Å²) in [5.74, 6) is -1.06. The van der Waals surface area contributed by atoms with Crippen LogP contribution in [0.3, 0.4) is 0 Å². The van der Waals surface area contributed by atoms with Crippen molar-refractivity contribution in [2.75, 3.05) is 19.6 Å². The van der Waals surface area contributed by atoms with Gasteiger partial charge in [0.2, 0.25) is 11.8 Å². The van der Waals surface area contributed by atoms with E-state index in [0.717, 1.165) is 34.5 Å². The van der Waals surface area contributed by atoms with Crippen LogP contribution in [0.15, 0.2) is 40.4 Å². The van der Waals surface area contributed by atoms with Crippen molar-refractivity contribution in [1.29, 1.82) is 0 Å². The van der Waals surface area contributed by atoms with Gasteiger partial charge in [-0.05, 0) is 69.7 Å². The van der Waals surface area contributed by atoms with Crippen LogP contribution < -0.4 is 10.1 Å². The number of carbonyl (C=O) groups excluding carboxylic acids is 3. The fraction of sp³-hybridized carbons (Fsp3) is 0.571. The number of β-amino-alcohol motifs (C(OH)–C–C–N with tert-alkyl or cyclic N) is 1. The quantitative estimate of drug-likeness (QED) is 0.300. The van der Waals surface area contributed by atoms with Crippen LogP contribution in [-0.2, 0) is 14.3 Å². The predicted molar refractivity (Wildman–Crippen MR) is 181 cm³/mol. The number of aryl methyl sites for hydroxylation is 1. The standard InChI is InChI=1S/C35H47N5O7S/c1-20(2)30(28-16-29(38-47-28)45-26-9-8-14-39(18-26)34(44)46-35(5,6)7)33(43)40-17-25(41)15-27(40)32(42)37-21(3)23-10-12-24(13-11-23)31-22(4)36-19-48-31/h10-13,16,19-21,25-27,30,41H,8-9,14-15,17-18H2,1-7H3,(H,37,42)/t21-,25+,26?,27-,30?/m0/s1. The average molecular weight is 682 g/mol. The number of likely N-dealkylation sites (tertiary alicyclic amines) is 2. The Kier molecular flexibility index (Phi) is 10.8. The van der Waals surface area contributed by atoms with E-state index in [9.17, 15) is 19.5 Å².